The number of aromatic nitrogens is 4. The van der Waals surface area contributed by atoms with E-state index in [1.807, 2.05) is 41.8 Å². The van der Waals surface area contributed by atoms with Crippen molar-refractivity contribution in [3.8, 4) is 11.1 Å². The van der Waals surface area contributed by atoms with E-state index in [0.29, 0.717) is 24.5 Å². The number of amides is 1. The standard InChI is InChI=1S/C30H36N6O3/c1-5-6-21-13-20(4)34-29(37)24(21)17-32-30(38)26-15-23(14-25-28(19(2)3)33-18-36(25)26)22-7-8-27(31-16-22)35-9-11-39-12-10-35/h7-8,13-16,18-19H,5-6,9-12,17H2,1-4H3,(H,32,38)(H,34,37). The van der Waals surface area contributed by atoms with Crippen molar-refractivity contribution >= 4 is 17.2 Å². The van der Waals surface area contributed by atoms with Crippen LogP contribution in [0.15, 0.2) is 47.7 Å². The predicted molar refractivity (Wildman–Crippen MR) is 153 cm³/mol. The third-order valence-electron chi connectivity index (χ3n) is 7.18. The number of fused-ring (bicyclic) bond motifs is 1. The average molecular weight is 529 g/mol. The van der Waals surface area contributed by atoms with Gasteiger partial charge in [-0.1, -0.05) is 27.2 Å². The molecule has 4 aromatic heterocycles. The molecular formula is C30H36N6O3. The fourth-order valence-electron chi connectivity index (χ4n) is 5.17. The molecule has 0 atom stereocenters. The molecular weight excluding hydrogens is 492 g/mol. The van der Waals surface area contributed by atoms with Gasteiger partial charge in [-0.2, -0.15) is 0 Å². The monoisotopic (exact) mass is 528 g/mol. The molecule has 1 fully saturated rings. The predicted octanol–water partition coefficient (Wildman–Crippen LogP) is 4.24. The van der Waals surface area contributed by atoms with E-state index in [1.54, 1.807) is 6.33 Å². The van der Waals surface area contributed by atoms with Gasteiger partial charge in [-0.25, -0.2) is 9.97 Å². The van der Waals surface area contributed by atoms with Gasteiger partial charge in [0.15, 0.2) is 0 Å². The summed E-state index contributed by atoms with van der Waals surface area (Å²) in [6.45, 7) is 11.3. The van der Waals surface area contributed by atoms with E-state index < -0.39 is 0 Å². The Morgan fingerprint density at radius 1 is 1.13 bits per heavy atom. The summed E-state index contributed by atoms with van der Waals surface area (Å²) < 4.78 is 7.29. The van der Waals surface area contributed by atoms with Gasteiger partial charge >= 0.3 is 0 Å². The average Bonchev–Trinajstić information content (AvgIpc) is 3.37. The van der Waals surface area contributed by atoms with Gasteiger partial charge in [0.2, 0.25) is 0 Å². The van der Waals surface area contributed by atoms with E-state index in [4.69, 9.17) is 9.72 Å². The number of imidazole rings is 1. The highest BCUT2D eigenvalue weighted by molar-refractivity contribution is 5.95. The van der Waals surface area contributed by atoms with Crippen molar-refractivity contribution < 1.29 is 9.53 Å². The molecule has 5 rings (SSSR count). The van der Waals surface area contributed by atoms with E-state index >= 15 is 0 Å². The van der Waals surface area contributed by atoms with Crippen LogP contribution in [0.1, 0.15) is 66.1 Å². The van der Waals surface area contributed by atoms with Gasteiger partial charge in [0.05, 0.1) is 24.4 Å². The number of nitrogens with zero attached hydrogens (tertiary/aromatic N) is 4. The Kier molecular flexibility index (Phi) is 7.79. The van der Waals surface area contributed by atoms with Gasteiger partial charge in [0.1, 0.15) is 17.8 Å². The Bertz CT molecular complexity index is 1530. The fourth-order valence-corrected chi connectivity index (χ4v) is 5.17. The normalized spacial score (nSPS) is 13.8. The van der Waals surface area contributed by atoms with Gasteiger partial charge in [-0.3, -0.25) is 14.0 Å². The van der Waals surface area contributed by atoms with Gasteiger partial charge in [-0.15, -0.1) is 0 Å². The Morgan fingerprint density at radius 2 is 1.92 bits per heavy atom. The lowest BCUT2D eigenvalue weighted by atomic mass is 10.0. The first-order valence-corrected chi connectivity index (χ1v) is 13.7. The highest BCUT2D eigenvalue weighted by atomic mass is 16.5. The first kappa shape index (κ1) is 26.6. The minimum absolute atomic E-state index is 0.150. The van der Waals surface area contributed by atoms with Crippen molar-refractivity contribution in [3.63, 3.8) is 0 Å². The van der Waals surface area contributed by atoms with Crippen LogP contribution in [0.25, 0.3) is 16.6 Å². The summed E-state index contributed by atoms with van der Waals surface area (Å²) in [6, 6.07) is 9.98. The van der Waals surface area contributed by atoms with E-state index in [2.05, 4.69) is 47.0 Å². The van der Waals surface area contributed by atoms with Crippen molar-refractivity contribution in [2.75, 3.05) is 31.2 Å². The van der Waals surface area contributed by atoms with Crippen molar-refractivity contribution in [1.29, 1.82) is 0 Å². The maximum atomic E-state index is 13.6. The van der Waals surface area contributed by atoms with E-state index in [0.717, 1.165) is 65.3 Å². The van der Waals surface area contributed by atoms with Crippen LogP contribution in [0.2, 0.25) is 0 Å². The quantitative estimate of drug-likeness (QED) is 0.355. The molecule has 9 nitrogen and oxygen atoms in total. The lowest BCUT2D eigenvalue weighted by molar-refractivity contribution is 0.0944. The molecule has 0 aromatic carbocycles. The van der Waals surface area contributed by atoms with Crippen molar-refractivity contribution in [2.24, 2.45) is 0 Å². The first-order chi connectivity index (χ1) is 18.9. The molecule has 0 saturated carbocycles. The Hall–Kier alpha value is -3.98. The number of nitrogens with one attached hydrogen (secondary N) is 2. The van der Waals surface area contributed by atoms with Gasteiger partial charge < -0.3 is 19.9 Å². The number of hydrogen-bond acceptors (Lipinski definition) is 6. The lowest BCUT2D eigenvalue weighted by Crippen LogP contribution is -2.36. The van der Waals surface area contributed by atoms with Crippen molar-refractivity contribution in [1.82, 2.24) is 24.7 Å². The van der Waals surface area contributed by atoms with Crippen molar-refractivity contribution in [3.05, 3.63) is 81.4 Å². The number of anilines is 1. The molecule has 4 aromatic rings. The lowest BCUT2D eigenvalue weighted by Gasteiger charge is -2.27. The van der Waals surface area contributed by atoms with Crippen molar-refractivity contribution in [2.45, 2.75) is 53.0 Å². The van der Waals surface area contributed by atoms with Crippen LogP contribution in [0.3, 0.4) is 0 Å². The van der Waals surface area contributed by atoms with Crippen LogP contribution in [-0.4, -0.2) is 51.6 Å². The summed E-state index contributed by atoms with van der Waals surface area (Å²) in [5.74, 6) is 0.833. The zero-order valence-corrected chi connectivity index (χ0v) is 23.1. The zero-order chi connectivity index (χ0) is 27.5. The molecule has 0 radical (unpaired) electrons. The number of morpholine rings is 1. The number of H-pyrrole nitrogens is 1. The highest BCUT2D eigenvalue weighted by Crippen LogP contribution is 2.28. The molecule has 1 saturated heterocycles. The molecule has 0 unspecified atom stereocenters. The maximum absolute atomic E-state index is 13.6. The smallest absolute Gasteiger partial charge is 0.268 e. The SMILES string of the molecule is CCCc1cc(C)[nH]c(=O)c1CNC(=O)c1cc(-c2ccc(N3CCOCC3)nc2)cc2c(C(C)C)ncn12. The molecule has 9 heteroatoms. The van der Waals surface area contributed by atoms with E-state index in [9.17, 15) is 9.59 Å². The number of aromatic amines is 1. The molecule has 1 aliphatic rings. The Labute approximate surface area is 228 Å². The summed E-state index contributed by atoms with van der Waals surface area (Å²) in [6.07, 6.45) is 5.25. The molecule has 1 amide bonds. The Morgan fingerprint density at radius 3 is 2.62 bits per heavy atom. The summed E-state index contributed by atoms with van der Waals surface area (Å²) in [5.41, 5.74) is 6.28. The number of carbonyl (C=O) groups is 1. The number of pyridine rings is 3. The molecule has 1 aliphatic heterocycles. The van der Waals surface area contributed by atoms with Crippen LogP contribution in [0.4, 0.5) is 5.82 Å². The minimum Gasteiger partial charge on any atom is -0.378 e. The zero-order valence-electron chi connectivity index (χ0n) is 23.1. The highest BCUT2D eigenvalue weighted by Gasteiger charge is 2.19. The van der Waals surface area contributed by atoms with Gasteiger partial charge in [-0.05, 0) is 60.7 Å². The van der Waals surface area contributed by atoms with Crippen LogP contribution < -0.4 is 15.8 Å². The van der Waals surface area contributed by atoms with Crippen LogP contribution in [0.5, 0.6) is 0 Å². The third kappa shape index (κ3) is 5.59. The maximum Gasteiger partial charge on any atom is 0.268 e. The number of hydrogen-bond donors (Lipinski definition) is 2. The molecule has 0 aliphatic carbocycles. The summed E-state index contributed by atoms with van der Waals surface area (Å²) in [7, 11) is 0. The molecule has 204 valence electrons. The number of ether oxygens (including phenoxy) is 1. The molecule has 0 spiro atoms. The molecule has 2 N–H and O–H groups in total. The van der Waals surface area contributed by atoms with Crippen LogP contribution >= 0.6 is 0 Å². The number of carbonyl (C=O) groups excluding carboxylic acids is 1. The summed E-state index contributed by atoms with van der Waals surface area (Å²) in [4.78, 5) is 40.7. The largest absolute Gasteiger partial charge is 0.378 e. The van der Waals surface area contributed by atoms with Gasteiger partial charge in [0, 0.05) is 42.7 Å². The van der Waals surface area contributed by atoms with Gasteiger partial charge in [0.25, 0.3) is 11.5 Å². The minimum atomic E-state index is -0.269. The first-order valence-electron chi connectivity index (χ1n) is 13.7. The third-order valence-corrected chi connectivity index (χ3v) is 7.18. The van der Waals surface area contributed by atoms with Crippen LogP contribution in [-0.2, 0) is 17.7 Å². The van der Waals surface area contributed by atoms with Crippen LogP contribution in [0, 0.1) is 6.92 Å². The second-order valence-electron chi connectivity index (χ2n) is 10.4. The fraction of sp³-hybridized carbons (Fsp3) is 0.400. The molecule has 39 heavy (non-hydrogen) atoms. The summed E-state index contributed by atoms with van der Waals surface area (Å²) in [5, 5.41) is 2.99. The number of rotatable bonds is 8. The number of aryl methyl sites for hydroxylation is 2. The second kappa shape index (κ2) is 11.4. The van der Waals surface area contributed by atoms with E-state index in [-0.39, 0.29) is 23.9 Å². The second-order valence-corrected chi connectivity index (χ2v) is 10.4. The van der Waals surface area contributed by atoms with E-state index in [1.165, 1.54) is 0 Å². The Balaban J connectivity index is 1.48. The summed E-state index contributed by atoms with van der Waals surface area (Å²) >= 11 is 0. The topological polar surface area (TPSA) is 105 Å². The molecule has 0 bridgehead atoms. The molecule has 5 heterocycles.